The number of hydrogen-bond donors (Lipinski definition) is 1. The zero-order valence-electron chi connectivity index (χ0n) is 12.7. The molecule has 0 aromatic carbocycles. The minimum absolute atomic E-state index is 0.0619. The quantitative estimate of drug-likeness (QED) is 0.801. The molecule has 0 fully saturated rings. The molecule has 5 heteroatoms. The van der Waals surface area contributed by atoms with Gasteiger partial charge in [-0.25, -0.2) is 0 Å². The van der Waals surface area contributed by atoms with Crippen LogP contribution in [-0.4, -0.2) is 28.9 Å². The third kappa shape index (κ3) is 3.80. The second-order valence-corrected chi connectivity index (χ2v) is 5.12. The van der Waals surface area contributed by atoms with Crippen molar-refractivity contribution in [1.82, 2.24) is 15.1 Å². The molecular weight excluding hydrogens is 242 g/mol. The van der Waals surface area contributed by atoms with Gasteiger partial charge in [0.25, 0.3) is 0 Å². The third-order valence-corrected chi connectivity index (χ3v) is 3.62. The number of nitrogens with one attached hydrogen (secondary N) is 1. The van der Waals surface area contributed by atoms with E-state index in [-0.39, 0.29) is 24.0 Å². The number of methoxy groups -OCH3 is 1. The molecule has 1 heterocycles. The minimum atomic E-state index is -0.287. The maximum Gasteiger partial charge on any atom is 0.323 e. The van der Waals surface area contributed by atoms with E-state index in [1.807, 2.05) is 27.1 Å². The largest absolute Gasteiger partial charge is 0.468 e. The first-order valence-corrected chi connectivity index (χ1v) is 6.74. The summed E-state index contributed by atoms with van der Waals surface area (Å²) in [7, 11) is 3.33. The number of aryl methyl sites for hydroxylation is 2. The first kappa shape index (κ1) is 15.7. The maximum atomic E-state index is 11.9. The standard InChI is InChI=1S/C14H25N3O2/c1-7-9(2)13(14(18)19-6)15-10(3)12-8-17(5)16-11(12)4/h8-10,13,15H,7H2,1-6H3. The lowest BCUT2D eigenvalue weighted by Crippen LogP contribution is -2.43. The number of nitrogens with zero attached hydrogens (tertiary/aromatic N) is 2. The Morgan fingerprint density at radius 1 is 1.53 bits per heavy atom. The zero-order chi connectivity index (χ0) is 14.6. The Bertz CT molecular complexity index is 428. The molecule has 0 amide bonds. The molecule has 1 aromatic heterocycles. The molecule has 0 aliphatic heterocycles. The molecule has 3 unspecified atom stereocenters. The van der Waals surface area contributed by atoms with Gasteiger partial charge in [-0.1, -0.05) is 20.3 Å². The van der Waals surface area contributed by atoms with Gasteiger partial charge in [0.15, 0.2) is 0 Å². The summed E-state index contributed by atoms with van der Waals surface area (Å²) in [5.41, 5.74) is 2.09. The number of esters is 1. The highest BCUT2D eigenvalue weighted by atomic mass is 16.5. The van der Waals surface area contributed by atoms with Gasteiger partial charge < -0.3 is 4.74 Å². The lowest BCUT2D eigenvalue weighted by molar-refractivity contribution is -0.144. The molecule has 108 valence electrons. The molecular formula is C14H25N3O2. The molecule has 0 radical (unpaired) electrons. The van der Waals surface area contributed by atoms with Gasteiger partial charge in [0.1, 0.15) is 6.04 Å². The molecule has 5 nitrogen and oxygen atoms in total. The molecule has 0 aliphatic rings. The molecule has 1 rings (SSSR count). The number of hydrogen-bond acceptors (Lipinski definition) is 4. The number of carbonyl (C=O) groups is 1. The van der Waals surface area contributed by atoms with E-state index in [1.54, 1.807) is 4.68 Å². The Labute approximate surface area is 115 Å². The lowest BCUT2D eigenvalue weighted by Gasteiger charge is -2.25. The fourth-order valence-corrected chi connectivity index (χ4v) is 2.23. The van der Waals surface area contributed by atoms with E-state index < -0.39 is 0 Å². The summed E-state index contributed by atoms with van der Waals surface area (Å²) in [6.45, 7) is 8.14. The van der Waals surface area contributed by atoms with Crippen LogP contribution in [0.1, 0.15) is 44.5 Å². The predicted molar refractivity (Wildman–Crippen MR) is 74.8 cm³/mol. The molecule has 0 aliphatic carbocycles. The molecule has 0 bridgehead atoms. The number of ether oxygens (including phenoxy) is 1. The SMILES string of the molecule is CCC(C)C(NC(C)c1cn(C)nc1C)C(=O)OC. The fraction of sp³-hybridized carbons (Fsp3) is 0.714. The summed E-state index contributed by atoms with van der Waals surface area (Å²) < 4.78 is 6.68. The second-order valence-electron chi connectivity index (χ2n) is 5.12. The molecule has 1 aromatic rings. The summed E-state index contributed by atoms with van der Waals surface area (Å²) in [5, 5.41) is 7.69. The van der Waals surface area contributed by atoms with Crippen LogP contribution in [-0.2, 0) is 16.6 Å². The Hall–Kier alpha value is -1.36. The van der Waals surface area contributed by atoms with E-state index in [4.69, 9.17) is 4.74 Å². The van der Waals surface area contributed by atoms with Crippen LogP contribution in [0.2, 0.25) is 0 Å². The van der Waals surface area contributed by atoms with Crippen molar-refractivity contribution in [3.63, 3.8) is 0 Å². The van der Waals surface area contributed by atoms with Gasteiger partial charge in [-0.05, 0) is 19.8 Å². The van der Waals surface area contributed by atoms with E-state index in [0.717, 1.165) is 17.7 Å². The van der Waals surface area contributed by atoms with Crippen LogP contribution in [0.3, 0.4) is 0 Å². The third-order valence-electron chi connectivity index (χ3n) is 3.62. The number of carbonyl (C=O) groups excluding carboxylic acids is 1. The molecule has 19 heavy (non-hydrogen) atoms. The lowest BCUT2D eigenvalue weighted by atomic mass is 9.97. The fourth-order valence-electron chi connectivity index (χ4n) is 2.23. The van der Waals surface area contributed by atoms with Crippen LogP contribution in [0, 0.1) is 12.8 Å². The first-order chi connectivity index (χ1) is 8.90. The van der Waals surface area contributed by atoms with Gasteiger partial charge >= 0.3 is 5.97 Å². The van der Waals surface area contributed by atoms with Gasteiger partial charge in [-0.3, -0.25) is 14.8 Å². The Morgan fingerprint density at radius 3 is 2.58 bits per heavy atom. The molecule has 1 N–H and O–H groups in total. The van der Waals surface area contributed by atoms with Crippen LogP contribution in [0.4, 0.5) is 0 Å². The average Bonchev–Trinajstić information content (AvgIpc) is 2.73. The summed E-state index contributed by atoms with van der Waals surface area (Å²) in [6.07, 6.45) is 2.91. The van der Waals surface area contributed by atoms with Crippen molar-refractivity contribution < 1.29 is 9.53 Å². The molecule has 0 spiro atoms. The number of rotatable bonds is 6. The zero-order valence-corrected chi connectivity index (χ0v) is 12.7. The summed E-state index contributed by atoms with van der Waals surface area (Å²) >= 11 is 0. The van der Waals surface area contributed by atoms with Crippen molar-refractivity contribution in [3.8, 4) is 0 Å². The molecule has 0 saturated carbocycles. The second kappa shape index (κ2) is 6.70. The van der Waals surface area contributed by atoms with Crippen LogP contribution >= 0.6 is 0 Å². The normalized spacial score (nSPS) is 15.9. The van der Waals surface area contributed by atoms with Gasteiger partial charge in [-0.15, -0.1) is 0 Å². The van der Waals surface area contributed by atoms with Gasteiger partial charge in [-0.2, -0.15) is 5.10 Å². The van der Waals surface area contributed by atoms with E-state index >= 15 is 0 Å². The van der Waals surface area contributed by atoms with Crippen LogP contribution in [0.15, 0.2) is 6.20 Å². The van der Waals surface area contributed by atoms with Gasteiger partial charge in [0.05, 0.1) is 12.8 Å². The van der Waals surface area contributed by atoms with Crippen molar-refractivity contribution in [2.45, 2.75) is 46.2 Å². The smallest absolute Gasteiger partial charge is 0.323 e. The van der Waals surface area contributed by atoms with E-state index in [1.165, 1.54) is 7.11 Å². The van der Waals surface area contributed by atoms with Crippen LogP contribution in [0.25, 0.3) is 0 Å². The minimum Gasteiger partial charge on any atom is -0.468 e. The van der Waals surface area contributed by atoms with Gasteiger partial charge in [0, 0.05) is 24.8 Å². The average molecular weight is 267 g/mol. The predicted octanol–water partition coefficient (Wildman–Crippen LogP) is 1.97. The Kier molecular flexibility index (Phi) is 5.54. The topological polar surface area (TPSA) is 56.2 Å². The summed E-state index contributed by atoms with van der Waals surface area (Å²) in [6, 6.07) is -0.226. The highest BCUT2D eigenvalue weighted by Gasteiger charge is 2.27. The summed E-state index contributed by atoms with van der Waals surface area (Å²) in [5.74, 6) is 0.0228. The van der Waals surface area contributed by atoms with Crippen molar-refractivity contribution in [3.05, 3.63) is 17.5 Å². The Morgan fingerprint density at radius 2 is 2.16 bits per heavy atom. The van der Waals surface area contributed by atoms with E-state index in [2.05, 4.69) is 24.3 Å². The van der Waals surface area contributed by atoms with Crippen LogP contribution < -0.4 is 5.32 Å². The van der Waals surface area contributed by atoms with Crippen molar-refractivity contribution in [2.24, 2.45) is 13.0 Å². The number of aromatic nitrogens is 2. The van der Waals surface area contributed by atoms with E-state index in [9.17, 15) is 4.79 Å². The van der Waals surface area contributed by atoms with Crippen molar-refractivity contribution in [1.29, 1.82) is 0 Å². The summed E-state index contributed by atoms with van der Waals surface area (Å²) in [4.78, 5) is 11.9. The molecule has 0 saturated heterocycles. The van der Waals surface area contributed by atoms with Crippen molar-refractivity contribution >= 4 is 5.97 Å². The molecule has 3 atom stereocenters. The van der Waals surface area contributed by atoms with Gasteiger partial charge in [0.2, 0.25) is 0 Å². The highest BCUT2D eigenvalue weighted by molar-refractivity contribution is 5.76. The highest BCUT2D eigenvalue weighted by Crippen LogP contribution is 2.19. The monoisotopic (exact) mass is 267 g/mol. The van der Waals surface area contributed by atoms with Crippen LogP contribution in [0.5, 0.6) is 0 Å². The van der Waals surface area contributed by atoms with E-state index in [0.29, 0.717) is 0 Å². The van der Waals surface area contributed by atoms with Crippen molar-refractivity contribution in [2.75, 3.05) is 7.11 Å². The maximum absolute atomic E-state index is 11.9. The Balaban J connectivity index is 2.84. The first-order valence-electron chi connectivity index (χ1n) is 6.74.